The number of methoxy groups -OCH3 is 1. The van der Waals surface area contributed by atoms with E-state index in [0.29, 0.717) is 11.1 Å². The summed E-state index contributed by atoms with van der Waals surface area (Å²) in [6, 6.07) is 49.0. The van der Waals surface area contributed by atoms with Crippen LogP contribution in [0.25, 0.3) is 0 Å². The third-order valence-electron chi connectivity index (χ3n) is 12.2. The van der Waals surface area contributed by atoms with Crippen molar-refractivity contribution in [3.05, 3.63) is 215 Å². The normalized spacial score (nSPS) is 25.4. The molecule has 1 amide bonds. The van der Waals surface area contributed by atoms with Crippen LogP contribution in [0, 0.1) is 0 Å². The molecule has 3 heterocycles. The lowest BCUT2D eigenvalue weighted by Crippen LogP contribution is -2.70. The van der Waals surface area contributed by atoms with Gasteiger partial charge in [0.15, 0.2) is 37.2 Å². The van der Waals surface area contributed by atoms with Crippen LogP contribution >= 0.6 is 0 Å². The molecule has 0 aliphatic carbocycles. The zero-order valence-electron chi connectivity index (χ0n) is 39.3. The fraction of sp³-hybridized carbons (Fsp3) is 0.268. The zero-order chi connectivity index (χ0) is 50.5. The minimum Gasteiger partial charge on any atom is -0.459 e. The second-order valence-corrected chi connectivity index (χ2v) is 17.0. The van der Waals surface area contributed by atoms with Crippen molar-refractivity contribution in [1.29, 1.82) is 0 Å². The third kappa shape index (κ3) is 12.5. The topological polar surface area (TPSA) is 199 Å². The maximum Gasteiger partial charge on any atom is 0.407 e. The maximum atomic E-state index is 14.4. The molecule has 3 aliphatic rings. The van der Waals surface area contributed by atoms with Crippen molar-refractivity contribution in [2.24, 2.45) is 0 Å². The number of hydrogen-bond acceptors (Lipinski definition) is 16. The lowest BCUT2D eigenvalue weighted by atomic mass is 9.94. The highest BCUT2D eigenvalue weighted by Crippen LogP contribution is 2.39. The van der Waals surface area contributed by atoms with E-state index in [1.54, 1.807) is 109 Å². The molecule has 0 saturated carbocycles. The Morgan fingerprint density at radius 3 is 1.52 bits per heavy atom. The standard InChI is InChI=1S/C56H51NO16/c1-63-54-43(57-56(62)66-32-35-20-8-2-9-21-35)46(44-42(67-54)34-65-53(72-44)40-30-18-7-19-31-40)73-55-48(71-52(61)39-28-16-6-17-29-39)47(70-51(60)38-26-14-5-15-27-38)45(69-50(59)37-24-12-4-13-25-37)41(68-55)33-64-49(58)36-22-10-3-11-23-36/h2-31,41-48,53-55H,32-34H2,1H3,(H,57,62)/t41-,42-,43-,44-,45-,46-,47+,48-,53?,54+,55+/m1/s1. The SMILES string of the molecule is CO[C@H]1O[C@@H]2COC(c3ccccc3)O[C@H]2[C@H](O[C@@H]2O[C@H](COC(=O)c3ccccc3)[C@@H](OC(=O)c3ccccc3)[C@H](OC(=O)c3ccccc3)[C@H]2OC(=O)c2ccccc2)[C@H]1NC(=O)OCc1ccccc1. The van der Waals surface area contributed by atoms with Crippen LogP contribution in [-0.4, -0.2) is 112 Å². The van der Waals surface area contributed by atoms with Crippen molar-refractivity contribution >= 4 is 30.0 Å². The number of rotatable bonds is 16. The fourth-order valence-electron chi connectivity index (χ4n) is 8.56. The quantitative estimate of drug-likeness (QED) is 0.0742. The minimum atomic E-state index is -1.80. The van der Waals surface area contributed by atoms with E-state index in [4.69, 9.17) is 52.1 Å². The summed E-state index contributed by atoms with van der Waals surface area (Å²) >= 11 is 0. The molecule has 17 nitrogen and oxygen atoms in total. The molecule has 11 atom stereocenters. The molecule has 73 heavy (non-hydrogen) atoms. The van der Waals surface area contributed by atoms with Crippen molar-refractivity contribution in [3.63, 3.8) is 0 Å². The van der Waals surface area contributed by atoms with E-state index in [0.717, 1.165) is 0 Å². The monoisotopic (exact) mass is 993 g/mol. The van der Waals surface area contributed by atoms with Crippen LogP contribution in [0.5, 0.6) is 0 Å². The Kier molecular flexibility index (Phi) is 16.6. The molecule has 0 aromatic heterocycles. The summed E-state index contributed by atoms with van der Waals surface area (Å²) in [7, 11) is 1.37. The van der Waals surface area contributed by atoms with Crippen LogP contribution in [-0.2, 0) is 58.7 Å². The van der Waals surface area contributed by atoms with Gasteiger partial charge in [-0.1, -0.05) is 133 Å². The van der Waals surface area contributed by atoms with E-state index in [2.05, 4.69) is 5.32 Å². The fourth-order valence-corrected chi connectivity index (χ4v) is 8.56. The van der Waals surface area contributed by atoms with Crippen molar-refractivity contribution in [3.8, 4) is 0 Å². The van der Waals surface area contributed by atoms with Gasteiger partial charge in [-0.15, -0.1) is 0 Å². The zero-order valence-corrected chi connectivity index (χ0v) is 39.3. The Morgan fingerprint density at radius 1 is 0.507 bits per heavy atom. The molecule has 6 aromatic rings. The smallest absolute Gasteiger partial charge is 0.407 e. The van der Waals surface area contributed by atoms with Crippen LogP contribution in [0.1, 0.15) is 58.8 Å². The summed E-state index contributed by atoms with van der Waals surface area (Å²) in [6.07, 6.45) is -15.0. The molecule has 3 fully saturated rings. The molecule has 3 aliphatic heterocycles. The summed E-state index contributed by atoms with van der Waals surface area (Å²) in [4.78, 5) is 70.4. The van der Waals surface area contributed by atoms with E-state index in [-0.39, 0.29) is 35.5 Å². The number of benzene rings is 6. The first kappa shape index (κ1) is 50.2. The first-order valence-electron chi connectivity index (χ1n) is 23.5. The van der Waals surface area contributed by atoms with Gasteiger partial charge in [0.1, 0.15) is 43.7 Å². The Hall–Kier alpha value is -7.77. The average molecular weight is 994 g/mol. The number of amides is 1. The third-order valence-corrected chi connectivity index (χ3v) is 12.2. The lowest BCUT2D eigenvalue weighted by Gasteiger charge is -2.51. The highest BCUT2D eigenvalue weighted by molar-refractivity contribution is 5.91. The number of hydrogen-bond donors (Lipinski definition) is 1. The van der Waals surface area contributed by atoms with Gasteiger partial charge in [-0.2, -0.15) is 0 Å². The van der Waals surface area contributed by atoms with Crippen molar-refractivity contribution in [2.45, 2.75) is 74.2 Å². The van der Waals surface area contributed by atoms with E-state index < -0.39 is 104 Å². The first-order valence-corrected chi connectivity index (χ1v) is 23.5. The van der Waals surface area contributed by atoms with Gasteiger partial charge in [0.05, 0.1) is 28.9 Å². The van der Waals surface area contributed by atoms with Gasteiger partial charge >= 0.3 is 30.0 Å². The van der Waals surface area contributed by atoms with Crippen molar-refractivity contribution in [1.82, 2.24) is 5.32 Å². The van der Waals surface area contributed by atoms with Gasteiger partial charge < -0.3 is 57.4 Å². The second kappa shape index (κ2) is 24.1. The number of nitrogens with one attached hydrogen (secondary N) is 1. The molecule has 0 bridgehead atoms. The molecule has 376 valence electrons. The molecule has 0 spiro atoms. The van der Waals surface area contributed by atoms with Gasteiger partial charge in [0, 0.05) is 12.7 Å². The molecule has 17 heteroatoms. The van der Waals surface area contributed by atoms with Crippen molar-refractivity contribution < 1.29 is 76.1 Å². The number of esters is 4. The molecule has 1 N–H and O–H groups in total. The molecule has 9 rings (SSSR count). The van der Waals surface area contributed by atoms with E-state index in [1.165, 1.54) is 43.5 Å². The van der Waals surface area contributed by atoms with Gasteiger partial charge in [-0.05, 0) is 54.1 Å². The molecular formula is C56H51NO16. The maximum absolute atomic E-state index is 14.4. The van der Waals surface area contributed by atoms with Crippen molar-refractivity contribution in [2.75, 3.05) is 20.3 Å². The predicted octanol–water partition coefficient (Wildman–Crippen LogP) is 7.41. The highest BCUT2D eigenvalue weighted by atomic mass is 16.8. The number of carbonyl (C=O) groups is 5. The summed E-state index contributed by atoms with van der Waals surface area (Å²) in [5.41, 5.74) is 1.86. The average Bonchev–Trinajstić information content (AvgIpc) is 3.45. The number of alkyl carbamates (subject to hydrolysis) is 1. The highest BCUT2D eigenvalue weighted by Gasteiger charge is 2.58. The van der Waals surface area contributed by atoms with Gasteiger partial charge in [0.25, 0.3) is 0 Å². The second-order valence-electron chi connectivity index (χ2n) is 17.0. The van der Waals surface area contributed by atoms with Gasteiger partial charge in [-0.25, -0.2) is 24.0 Å². The van der Waals surface area contributed by atoms with E-state index in [1.807, 2.05) is 36.4 Å². The largest absolute Gasteiger partial charge is 0.459 e. The lowest BCUT2D eigenvalue weighted by molar-refractivity contribution is -0.375. The number of fused-ring (bicyclic) bond motifs is 1. The van der Waals surface area contributed by atoms with E-state index in [9.17, 15) is 24.0 Å². The predicted molar refractivity (Wildman–Crippen MR) is 256 cm³/mol. The minimum absolute atomic E-state index is 0.0417. The van der Waals surface area contributed by atoms with Crippen LogP contribution in [0.4, 0.5) is 4.79 Å². The van der Waals surface area contributed by atoms with Crippen LogP contribution in [0.2, 0.25) is 0 Å². The summed E-state index contributed by atoms with van der Waals surface area (Å²) in [6.45, 7) is -0.756. The van der Waals surface area contributed by atoms with E-state index >= 15 is 0 Å². The summed E-state index contributed by atoms with van der Waals surface area (Å²) < 4.78 is 69.3. The Balaban J connectivity index is 1.14. The van der Waals surface area contributed by atoms with Crippen LogP contribution in [0.15, 0.2) is 182 Å². The Morgan fingerprint density at radius 2 is 0.986 bits per heavy atom. The van der Waals surface area contributed by atoms with Gasteiger partial charge in [0.2, 0.25) is 0 Å². The molecule has 3 saturated heterocycles. The molecule has 0 radical (unpaired) electrons. The number of carbonyl (C=O) groups excluding carboxylic acids is 5. The van der Waals surface area contributed by atoms with Gasteiger partial charge in [-0.3, -0.25) is 0 Å². The van der Waals surface area contributed by atoms with Crippen LogP contribution < -0.4 is 5.32 Å². The Labute approximate surface area is 420 Å². The summed E-state index contributed by atoms with van der Waals surface area (Å²) in [5, 5.41) is 2.84. The number of ether oxygens (including phenoxy) is 11. The first-order chi connectivity index (χ1) is 35.7. The van der Waals surface area contributed by atoms with Crippen LogP contribution in [0.3, 0.4) is 0 Å². The molecule has 6 aromatic carbocycles. The summed E-state index contributed by atoms with van der Waals surface area (Å²) in [5.74, 6) is -3.45. The molecular weight excluding hydrogens is 943 g/mol. The molecule has 1 unspecified atom stereocenters. The Bertz CT molecular complexity index is 2760.